The molecule has 108 valence electrons. The predicted octanol–water partition coefficient (Wildman–Crippen LogP) is 2.72. The molecule has 1 heterocycles. The van der Waals surface area contributed by atoms with Crippen LogP contribution in [0.25, 0.3) is 10.9 Å². The smallest absolute Gasteiger partial charge is 0.226 e. The zero-order chi connectivity index (χ0) is 14.2. The van der Waals surface area contributed by atoms with E-state index in [-0.39, 0.29) is 5.28 Å². The predicted molar refractivity (Wildman–Crippen MR) is 77.4 cm³/mol. The monoisotopic (exact) mass is 296 g/mol. The van der Waals surface area contributed by atoms with Crippen molar-refractivity contribution in [2.24, 2.45) is 0 Å². The Hall–Kier alpha value is -1.43. The average molecular weight is 297 g/mol. The molecular formula is C14H17ClN2O3. The zero-order valence-corrected chi connectivity index (χ0v) is 12.1. The molecule has 1 aromatic heterocycles. The van der Waals surface area contributed by atoms with E-state index in [1.165, 1.54) is 0 Å². The quantitative estimate of drug-likeness (QED) is 0.554. The highest BCUT2D eigenvalue weighted by Crippen LogP contribution is 2.23. The average Bonchev–Trinajstić information content (AvgIpc) is 2.46. The Kier molecular flexibility index (Phi) is 5.98. The molecule has 0 spiro atoms. The molecule has 0 radical (unpaired) electrons. The molecule has 0 bridgehead atoms. The number of benzene rings is 1. The van der Waals surface area contributed by atoms with E-state index in [2.05, 4.69) is 9.97 Å². The van der Waals surface area contributed by atoms with Gasteiger partial charge >= 0.3 is 0 Å². The first kappa shape index (κ1) is 15.0. The topological polar surface area (TPSA) is 53.5 Å². The second kappa shape index (κ2) is 7.99. The van der Waals surface area contributed by atoms with Crippen molar-refractivity contribution in [2.75, 3.05) is 33.5 Å². The number of methoxy groups -OCH3 is 1. The molecule has 0 aliphatic carbocycles. The summed E-state index contributed by atoms with van der Waals surface area (Å²) in [5.41, 5.74) is 0.767. The summed E-state index contributed by atoms with van der Waals surface area (Å²) in [4.78, 5) is 8.25. The van der Waals surface area contributed by atoms with Crippen molar-refractivity contribution in [1.82, 2.24) is 9.97 Å². The molecule has 0 aliphatic heterocycles. The standard InChI is InChI=1S/C14H17ClN2O3/c1-18-7-4-8-19-9-10-20-13-11-5-2-3-6-12(11)16-14(15)17-13/h2-3,5-6H,4,7-10H2,1H3. The summed E-state index contributed by atoms with van der Waals surface area (Å²) in [7, 11) is 1.67. The number of halogens is 1. The van der Waals surface area contributed by atoms with Gasteiger partial charge in [0.1, 0.15) is 6.61 Å². The molecular weight excluding hydrogens is 280 g/mol. The molecule has 0 fully saturated rings. The third-order valence-electron chi connectivity index (χ3n) is 2.64. The van der Waals surface area contributed by atoms with Crippen LogP contribution < -0.4 is 4.74 Å². The number of nitrogens with zero attached hydrogens (tertiary/aromatic N) is 2. The number of fused-ring (bicyclic) bond motifs is 1. The number of hydrogen-bond donors (Lipinski definition) is 0. The fourth-order valence-electron chi connectivity index (χ4n) is 1.74. The Morgan fingerprint density at radius 2 is 1.90 bits per heavy atom. The minimum absolute atomic E-state index is 0.180. The number of para-hydroxylation sites is 1. The second-order valence-corrected chi connectivity index (χ2v) is 4.46. The Bertz CT molecular complexity index is 551. The van der Waals surface area contributed by atoms with Crippen LogP contribution >= 0.6 is 11.6 Å². The normalized spacial score (nSPS) is 10.9. The summed E-state index contributed by atoms with van der Waals surface area (Å²) in [5, 5.41) is 1.02. The molecule has 0 amide bonds. The molecule has 0 aliphatic rings. The van der Waals surface area contributed by atoms with E-state index >= 15 is 0 Å². The van der Waals surface area contributed by atoms with Crippen molar-refractivity contribution in [1.29, 1.82) is 0 Å². The lowest BCUT2D eigenvalue weighted by atomic mass is 10.2. The van der Waals surface area contributed by atoms with Gasteiger partial charge in [-0.25, -0.2) is 4.98 Å². The van der Waals surface area contributed by atoms with Gasteiger partial charge in [0, 0.05) is 20.3 Å². The van der Waals surface area contributed by atoms with Crippen LogP contribution in [0.15, 0.2) is 24.3 Å². The molecule has 0 saturated carbocycles. The first-order valence-corrected chi connectivity index (χ1v) is 6.81. The lowest BCUT2D eigenvalue weighted by molar-refractivity contribution is 0.0799. The van der Waals surface area contributed by atoms with E-state index in [1.807, 2.05) is 24.3 Å². The maximum absolute atomic E-state index is 5.87. The van der Waals surface area contributed by atoms with Crippen molar-refractivity contribution in [2.45, 2.75) is 6.42 Å². The molecule has 0 atom stereocenters. The molecule has 20 heavy (non-hydrogen) atoms. The third kappa shape index (κ3) is 4.30. The van der Waals surface area contributed by atoms with Gasteiger partial charge in [0.25, 0.3) is 0 Å². The van der Waals surface area contributed by atoms with Crippen LogP contribution in [0, 0.1) is 0 Å². The van der Waals surface area contributed by atoms with Crippen molar-refractivity contribution in [3.05, 3.63) is 29.5 Å². The molecule has 5 nitrogen and oxygen atoms in total. The summed E-state index contributed by atoms with van der Waals surface area (Å²) < 4.78 is 16.0. The molecule has 6 heteroatoms. The van der Waals surface area contributed by atoms with E-state index < -0.39 is 0 Å². The summed E-state index contributed by atoms with van der Waals surface area (Å²) >= 11 is 5.87. The van der Waals surface area contributed by atoms with Gasteiger partial charge in [0.05, 0.1) is 17.5 Å². The Balaban J connectivity index is 1.86. The van der Waals surface area contributed by atoms with E-state index in [4.69, 9.17) is 25.8 Å². The van der Waals surface area contributed by atoms with Crippen LogP contribution in [-0.4, -0.2) is 43.5 Å². The van der Waals surface area contributed by atoms with Gasteiger partial charge in [-0.1, -0.05) is 12.1 Å². The molecule has 1 aromatic carbocycles. The van der Waals surface area contributed by atoms with E-state index in [9.17, 15) is 0 Å². The third-order valence-corrected chi connectivity index (χ3v) is 2.81. The molecule has 0 saturated heterocycles. The van der Waals surface area contributed by atoms with Crippen LogP contribution in [-0.2, 0) is 9.47 Å². The molecule has 2 rings (SSSR count). The van der Waals surface area contributed by atoms with Gasteiger partial charge in [-0.05, 0) is 30.2 Å². The summed E-state index contributed by atoms with van der Waals surface area (Å²) in [6.45, 7) is 2.28. The minimum atomic E-state index is 0.180. The summed E-state index contributed by atoms with van der Waals surface area (Å²) in [6, 6.07) is 7.58. The Morgan fingerprint density at radius 1 is 1.05 bits per heavy atom. The van der Waals surface area contributed by atoms with Crippen molar-refractivity contribution < 1.29 is 14.2 Å². The molecule has 0 N–H and O–H groups in total. The lowest BCUT2D eigenvalue weighted by Gasteiger charge is -2.08. The number of hydrogen-bond acceptors (Lipinski definition) is 5. The highest BCUT2D eigenvalue weighted by Gasteiger charge is 2.07. The fraction of sp³-hybridized carbons (Fsp3) is 0.429. The first-order valence-electron chi connectivity index (χ1n) is 6.43. The van der Waals surface area contributed by atoms with Crippen molar-refractivity contribution >= 4 is 22.5 Å². The number of rotatable bonds is 8. The van der Waals surface area contributed by atoms with Gasteiger partial charge < -0.3 is 14.2 Å². The zero-order valence-electron chi connectivity index (χ0n) is 11.3. The summed E-state index contributed by atoms with van der Waals surface area (Å²) in [5.74, 6) is 0.487. The molecule has 0 unspecified atom stereocenters. The Labute approximate surface area is 122 Å². The minimum Gasteiger partial charge on any atom is -0.475 e. The highest BCUT2D eigenvalue weighted by molar-refractivity contribution is 6.28. The van der Waals surface area contributed by atoms with Gasteiger partial charge in [0.15, 0.2) is 0 Å². The van der Waals surface area contributed by atoms with Crippen molar-refractivity contribution in [3.8, 4) is 5.88 Å². The van der Waals surface area contributed by atoms with Crippen LogP contribution in [0.3, 0.4) is 0 Å². The van der Waals surface area contributed by atoms with Crippen molar-refractivity contribution in [3.63, 3.8) is 0 Å². The number of ether oxygens (including phenoxy) is 3. The van der Waals surface area contributed by atoms with Crippen LogP contribution in [0.1, 0.15) is 6.42 Å². The highest BCUT2D eigenvalue weighted by atomic mass is 35.5. The van der Waals surface area contributed by atoms with Gasteiger partial charge in [-0.15, -0.1) is 0 Å². The van der Waals surface area contributed by atoms with Gasteiger partial charge in [0.2, 0.25) is 11.2 Å². The number of aromatic nitrogens is 2. The van der Waals surface area contributed by atoms with E-state index in [0.717, 1.165) is 17.3 Å². The van der Waals surface area contributed by atoms with Crippen LogP contribution in [0.2, 0.25) is 5.28 Å². The fourth-order valence-corrected chi connectivity index (χ4v) is 1.90. The van der Waals surface area contributed by atoms with E-state index in [0.29, 0.717) is 32.3 Å². The lowest BCUT2D eigenvalue weighted by Crippen LogP contribution is -2.09. The van der Waals surface area contributed by atoms with Crippen LogP contribution in [0.4, 0.5) is 0 Å². The van der Waals surface area contributed by atoms with E-state index in [1.54, 1.807) is 7.11 Å². The van der Waals surface area contributed by atoms with Gasteiger partial charge in [-0.3, -0.25) is 0 Å². The Morgan fingerprint density at radius 3 is 2.75 bits per heavy atom. The largest absolute Gasteiger partial charge is 0.475 e. The van der Waals surface area contributed by atoms with Crippen LogP contribution in [0.5, 0.6) is 5.88 Å². The van der Waals surface area contributed by atoms with Gasteiger partial charge in [-0.2, -0.15) is 4.98 Å². The summed E-state index contributed by atoms with van der Waals surface area (Å²) in [6.07, 6.45) is 0.874. The maximum Gasteiger partial charge on any atom is 0.226 e. The first-order chi connectivity index (χ1) is 9.81. The SMILES string of the molecule is COCCCOCCOc1nc(Cl)nc2ccccc12. The molecule has 2 aromatic rings. The second-order valence-electron chi connectivity index (χ2n) is 4.12. The maximum atomic E-state index is 5.87.